The molecule has 0 aromatic carbocycles. The van der Waals surface area contributed by atoms with E-state index in [4.69, 9.17) is 11.5 Å². The predicted octanol–water partition coefficient (Wildman–Crippen LogP) is 1.07. The molecule has 1 aromatic heterocycles. The topological polar surface area (TPSA) is 50.2 Å². The van der Waals surface area contributed by atoms with E-state index in [1.807, 2.05) is 0 Å². The van der Waals surface area contributed by atoms with Gasteiger partial charge in [-0.3, -0.25) is 4.98 Å². The van der Waals surface area contributed by atoms with Crippen LogP contribution in [0.5, 0.6) is 0 Å². The van der Waals surface area contributed by atoms with Crippen LogP contribution >= 0.6 is 0 Å². The van der Waals surface area contributed by atoms with Crippen LogP contribution in [0, 0.1) is 19.3 Å². The van der Waals surface area contributed by atoms with E-state index < -0.39 is 5.97 Å². The molecule has 0 fully saturated rings. The van der Waals surface area contributed by atoms with Crippen molar-refractivity contribution in [3.8, 4) is 12.3 Å². The summed E-state index contributed by atoms with van der Waals surface area (Å²) in [7, 11) is 0. The molecule has 60 valence electrons. The number of aromatic carboxylic acids is 1. The first-order valence-electron chi connectivity index (χ1n) is 3.31. The minimum absolute atomic E-state index is 0.119. The van der Waals surface area contributed by atoms with Gasteiger partial charge in [-0.15, -0.1) is 6.42 Å². The van der Waals surface area contributed by atoms with Crippen molar-refractivity contribution < 1.29 is 9.90 Å². The third kappa shape index (κ3) is 1.43. The Balaban J connectivity index is 3.25. The third-order valence-corrected chi connectivity index (χ3v) is 1.49. The van der Waals surface area contributed by atoms with E-state index in [0.717, 1.165) is 0 Å². The van der Waals surface area contributed by atoms with Crippen LogP contribution < -0.4 is 0 Å². The molecule has 0 aliphatic carbocycles. The molecule has 0 radical (unpaired) electrons. The van der Waals surface area contributed by atoms with Gasteiger partial charge in [0.05, 0.1) is 11.3 Å². The number of hydrogen-bond donors (Lipinski definition) is 1. The zero-order valence-corrected chi connectivity index (χ0v) is 6.53. The summed E-state index contributed by atoms with van der Waals surface area (Å²) < 4.78 is 0. The molecule has 0 amide bonds. The molecule has 0 bridgehead atoms. The second-order valence-electron chi connectivity index (χ2n) is 2.31. The van der Waals surface area contributed by atoms with Crippen LogP contribution in [0.25, 0.3) is 0 Å². The summed E-state index contributed by atoms with van der Waals surface area (Å²) in [5.74, 6) is 1.35. The van der Waals surface area contributed by atoms with Gasteiger partial charge >= 0.3 is 5.97 Å². The fraction of sp³-hybridized carbons (Fsp3) is 0.111. The molecule has 0 aliphatic heterocycles. The number of carboxylic acids is 1. The van der Waals surface area contributed by atoms with E-state index in [9.17, 15) is 4.79 Å². The fourth-order valence-electron chi connectivity index (χ4n) is 0.796. The second-order valence-corrected chi connectivity index (χ2v) is 2.31. The quantitative estimate of drug-likeness (QED) is 0.627. The Morgan fingerprint density at radius 2 is 2.42 bits per heavy atom. The van der Waals surface area contributed by atoms with Crippen molar-refractivity contribution in [2.45, 2.75) is 6.92 Å². The number of rotatable bonds is 1. The summed E-state index contributed by atoms with van der Waals surface area (Å²) in [5.41, 5.74) is 1.31. The molecular formula is C9H7NO2. The van der Waals surface area contributed by atoms with Crippen LogP contribution in [-0.2, 0) is 0 Å². The number of pyridine rings is 1. The molecule has 1 heterocycles. The van der Waals surface area contributed by atoms with Crippen LogP contribution in [0.1, 0.15) is 21.6 Å². The SMILES string of the molecule is C#Cc1cc(C(=O)O)cnc1C. The van der Waals surface area contributed by atoms with E-state index in [1.165, 1.54) is 12.3 Å². The summed E-state index contributed by atoms with van der Waals surface area (Å²) in [4.78, 5) is 14.3. The highest BCUT2D eigenvalue weighted by molar-refractivity contribution is 5.87. The molecule has 3 nitrogen and oxygen atoms in total. The standard InChI is InChI=1S/C9H7NO2/c1-3-7-4-8(9(11)12)5-10-6(7)2/h1,4-5H,2H3,(H,11,12). The molecular weight excluding hydrogens is 154 g/mol. The Hall–Kier alpha value is -1.82. The first-order chi connectivity index (χ1) is 5.65. The van der Waals surface area contributed by atoms with Crippen LogP contribution in [0.2, 0.25) is 0 Å². The van der Waals surface area contributed by atoms with Crippen LogP contribution in [0.4, 0.5) is 0 Å². The van der Waals surface area contributed by atoms with E-state index in [2.05, 4.69) is 10.9 Å². The number of hydrogen-bond acceptors (Lipinski definition) is 2. The molecule has 1 N–H and O–H groups in total. The van der Waals surface area contributed by atoms with E-state index >= 15 is 0 Å². The van der Waals surface area contributed by atoms with Gasteiger partial charge in [0.15, 0.2) is 0 Å². The Morgan fingerprint density at radius 3 is 2.92 bits per heavy atom. The Bertz CT molecular complexity index is 363. The van der Waals surface area contributed by atoms with Gasteiger partial charge < -0.3 is 5.11 Å². The smallest absolute Gasteiger partial charge is 0.337 e. The molecule has 0 atom stereocenters. The van der Waals surface area contributed by atoms with E-state index in [1.54, 1.807) is 6.92 Å². The maximum absolute atomic E-state index is 10.5. The number of carbonyl (C=O) groups is 1. The van der Waals surface area contributed by atoms with Gasteiger partial charge in [-0.05, 0) is 13.0 Å². The van der Waals surface area contributed by atoms with Gasteiger partial charge in [0, 0.05) is 11.8 Å². The Morgan fingerprint density at radius 1 is 1.75 bits per heavy atom. The van der Waals surface area contributed by atoms with Gasteiger partial charge in [-0.1, -0.05) is 5.92 Å². The fourth-order valence-corrected chi connectivity index (χ4v) is 0.796. The third-order valence-electron chi connectivity index (χ3n) is 1.49. The Kier molecular flexibility index (Phi) is 2.11. The first kappa shape index (κ1) is 8.28. The number of carboxylic acid groups (broad SMARTS) is 1. The summed E-state index contributed by atoms with van der Waals surface area (Å²) in [6.45, 7) is 1.74. The highest BCUT2D eigenvalue weighted by atomic mass is 16.4. The summed E-state index contributed by atoms with van der Waals surface area (Å²) in [6.07, 6.45) is 6.43. The molecule has 1 rings (SSSR count). The molecule has 0 spiro atoms. The van der Waals surface area contributed by atoms with Gasteiger partial charge in [0.1, 0.15) is 0 Å². The van der Waals surface area contributed by atoms with Gasteiger partial charge in [-0.25, -0.2) is 4.79 Å². The zero-order chi connectivity index (χ0) is 9.14. The maximum atomic E-state index is 10.5. The monoisotopic (exact) mass is 161 g/mol. The highest BCUT2D eigenvalue weighted by Gasteiger charge is 2.04. The molecule has 0 unspecified atom stereocenters. The van der Waals surface area contributed by atoms with Crippen molar-refractivity contribution in [3.05, 3.63) is 29.1 Å². The zero-order valence-electron chi connectivity index (χ0n) is 6.53. The van der Waals surface area contributed by atoms with E-state index in [-0.39, 0.29) is 5.56 Å². The molecule has 0 saturated carbocycles. The van der Waals surface area contributed by atoms with Gasteiger partial charge in [-0.2, -0.15) is 0 Å². The van der Waals surface area contributed by atoms with Crippen molar-refractivity contribution in [3.63, 3.8) is 0 Å². The number of aromatic nitrogens is 1. The second kappa shape index (κ2) is 3.05. The normalized spacial score (nSPS) is 9.00. The lowest BCUT2D eigenvalue weighted by atomic mass is 10.1. The molecule has 1 aromatic rings. The van der Waals surface area contributed by atoms with Crippen molar-refractivity contribution >= 4 is 5.97 Å². The number of nitrogens with zero attached hydrogens (tertiary/aromatic N) is 1. The van der Waals surface area contributed by atoms with Gasteiger partial charge in [0.25, 0.3) is 0 Å². The van der Waals surface area contributed by atoms with Gasteiger partial charge in [0.2, 0.25) is 0 Å². The molecule has 3 heteroatoms. The lowest BCUT2D eigenvalue weighted by Gasteiger charge is -1.98. The van der Waals surface area contributed by atoms with Crippen LogP contribution in [0.15, 0.2) is 12.3 Å². The van der Waals surface area contributed by atoms with Crippen molar-refractivity contribution in [2.75, 3.05) is 0 Å². The molecule has 0 aliphatic rings. The van der Waals surface area contributed by atoms with Crippen LogP contribution in [-0.4, -0.2) is 16.1 Å². The number of terminal acetylenes is 1. The first-order valence-corrected chi connectivity index (χ1v) is 3.31. The summed E-state index contributed by atoms with van der Waals surface area (Å²) in [6, 6.07) is 1.44. The highest BCUT2D eigenvalue weighted by Crippen LogP contribution is 2.06. The van der Waals surface area contributed by atoms with Crippen molar-refractivity contribution in [1.82, 2.24) is 4.98 Å². The van der Waals surface area contributed by atoms with Crippen LogP contribution in [0.3, 0.4) is 0 Å². The summed E-state index contributed by atoms with van der Waals surface area (Å²) >= 11 is 0. The largest absolute Gasteiger partial charge is 0.478 e. The average molecular weight is 161 g/mol. The van der Waals surface area contributed by atoms with E-state index in [0.29, 0.717) is 11.3 Å². The number of aryl methyl sites for hydroxylation is 1. The average Bonchev–Trinajstić information content (AvgIpc) is 2.05. The lowest BCUT2D eigenvalue weighted by Crippen LogP contribution is -1.99. The summed E-state index contributed by atoms with van der Waals surface area (Å²) in [5, 5.41) is 8.59. The molecule has 12 heavy (non-hydrogen) atoms. The Labute approximate surface area is 70.1 Å². The predicted molar refractivity (Wildman–Crippen MR) is 43.9 cm³/mol. The minimum Gasteiger partial charge on any atom is -0.478 e. The lowest BCUT2D eigenvalue weighted by molar-refractivity contribution is 0.0696. The van der Waals surface area contributed by atoms with Crippen molar-refractivity contribution in [2.24, 2.45) is 0 Å². The molecule has 0 saturated heterocycles. The maximum Gasteiger partial charge on any atom is 0.337 e. The van der Waals surface area contributed by atoms with Crippen molar-refractivity contribution in [1.29, 1.82) is 0 Å². The minimum atomic E-state index is -1.01.